The molecule has 0 saturated carbocycles. The van der Waals surface area contributed by atoms with Crippen molar-refractivity contribution in [2.24, 2.45) is 0 Å². The summed E-state index contributed by atoms with van der Waals surface area (Å²) < 4.78 is 65.4. The van der Waals surface area contributed by atoms with E-state index in [2.05, 4.69) is 18.1 Å². The second-order valence-electron chi connectivity index (χ2n) is 3.43. The number of alkyl halides is 3. The number of rotatable bonds is 7. The van der Waals surface area contributed by atoms with Crippen LogP contribution in [0.1, 0.15) is 19.8 Å². The Hall–Kier alpha value is -1.77. The summed E-state index contributed by atoms with van der Waals surface area (Å²) >= 11 is 0. The van der Waals surface area contributed by atoms with Crippen LogP contribution in [0, 0.1) is 0 Å². The van der Waals surface area contributed by atoms with Crippen LogP contribution in [0.15, 0.2) is 0 Å². The SMILES string of the molecule is CC(O)C(=O)OC(=O)CCC(=O)OOS(=O)(=O)OC(F)(F)F. The molecule has 0 amide bonds. The highest BCUT2D eigenvalue weighted by atomic mass is 32.3. The van der Waals surface area contributed by atoms with Crippen LogP contribution in [0.25, 0.3) is 0 Å². The minimum atomic E-state index is -5.67. The van der Waals surface area contributed by atoms with Crippen LogP contribution >= 0.6 is 0 Å². The Bertz CT molecular complexity index is 523. The Kier molecular flexibility index (Phi) is 7.37. The lowest BCUT2D eigenvalue weighted by Crippen LogP contribution is -2.24. The number of carbonyl (C=O) groups is 3. The Morgan fingerprint density at radius 2 is 1.64 bits per heavy atom. The number of esters is 2. The van der Waals surface area contributed by atoms with Gasteiger partial charge in [-0.2, -0.15) is 8.42 Å². The van der Waals surface area contributed by atoms with Gasteiger partial charge in [0.05, 0.1) is 12.8 Å². The predicted molar refractivity (Wildman–Crippen MR) is 55.3 cm³/mol. The molecule has 14 heteroatoms. The summed E-state index contributed by atoms with van der Waals surface area (Å²) in [5, 5.41) is 8.70. The molecule has 0 bridgehead atoms. The van der Waals surface area contributed by atoms with Gasteiger partial charge in [0, 0.05) is 0 Å². The minimum absolute atomic E-state index is 0.791. The van der Waals surface area contributed by atoms with E-state index in [9.17, 15) is 36.0 Å². The van der Waals surface area contributed by atoms with Crippen molar-refractivity contribution in [1.82, 2.24) is 0 Å². The highest BCUT2D eigenvalue weighted by Gasteiger charge is 2.39. The lowest BCUT2D eigenvalue weighted by molar-refractivity contribution is -0.287. The fraction of sp³-hybridized carbons (Fsp3) is 0.625. The third-order valence-electron chi connectivity index (χ3n) is 1.50. The highest BCUT2D eigenvalue weighted by molar-refractivity contribution is 7.81. The standard InChI is InChI=1S/C8H9F3O10S/c1-4(12)7(15)18-5(13)2-3-6(14)19-21-22(16,17)20-8(9,10)11/h4,12H,2-3H2,1H3. The molecule has 10 nitrogen and oxygen atoms in total. The number of carbonyl (C=O) groups excluding carboxylic acids is 3. The summed E-state index contributed by atoms with van der Waals surface area (Å²) in [6.45, 7) is 1.00. The molecule has 128 valence electrons. The lowest BCUT2D eigenvalue weighted by atomic mass is 10.3. The smallest absolute Gasteiger partial charge is 0.391 e. The molecular formula is C8H9F3O10S. The summed E-state index contributed by atoms with van der Waals surface area (Å²) in [5.41, 5.74) is 0. The Morgan fingerprint density at radius 3 is 2.09 bits per heavy atom. The number of aliphatic hydroxyl groups is 1. The Labute approximate surface area is 120 Å². The molecule has 1 unspecified atom stereocenters. The van der Waals surface area contributed by atoms with E-state index in [4.69, 9.17) is 5.11 Å². The maximum absolute atomic E-state index is 11.6. The largest absolute Gasteiger partial charge is 0.538 e. The van der Waals surface area contributed by atoms with Crippen LogP contribution in [0.2, 0.25) is 0 Å². The molecule has 0 saturated heterocycles. The molecule has 0 aliphatic rings. The summed E-state index contributed by atoms with van der Waals surface area (Å²) in [5.74, 6) is -4.12. The van der Waals surface area contributed by atoms with Gasteiger partial charge in [-0.3, -0.25) is 9.68 Å². The van der Waals surface area contributed by atoms with Crippen molar-refractivity contribution in [2.75, 3.05) is 0 Å². The van der Waals surface area contributed by atoms with Crippen molar-refractivity contribution in [1.29, 1.82) is 0 Å². The first-order valence-electron chi connectivity index (χ1n) is 5.16. The van der Waals surface area contributed by atoms with Gasteiger partial charge in [-0.1, -0.05) is 0 Å². The monoisotopic (exact) mass is 354 g/mol. The third kappa shape index (κ3) is 10.0. The van der Waals surface area contributed by atoms with E-state index in [0.29, 0.717) is 0 Å². The number of aliphatic hydroxyl groups excluding tert-OH is 1. The van der Waals surface area contributed by atoms with Crippen molar-refractivity contribution >= 4 is 28.3 Å². The average molecular weight is 354 g/mol. The van der Waals surface area contributed by atoms with Gasteiger partial charge in [-0.05, 0) is 11.3 Å². The van der Waals surface area contributed by atoms with E-state index in [1.54, 1.807) is 0 Å². The average Bonchev–Trinajstić information content (AvgIpc) is 2.30. The maximum Gasteiger partial charge on any atom is 0.538 e. The van der Waals surface area contributed by atoms with E-state index >= 15 is 0 Å². The zero-order valence-corrected chi connectivity index (χ0v) is 11.5. The van der Waals surface area contributed by atoms with Crippen LogP contribution in [0.5, 0.6) is 0 Å². The van der Waals surface area contributed by atoms with Crippen LogP contribution in [0.4, 0.5) is 13.2 Å². The number of halogens is 3. The van der Waals surface area contributed by atoms with Gasteiger partial charge in [0.2, 0.25) is 0 Å². The molecule has 0 heterocycles. The lowest BCUT2D eigenvalue weighted by Gasteiger charge is -2.06. The fourth-order valence-electron chi connectivity index (χ4n) is 0.704. The van der Waals surface area contributed by atoms with E-state index < -0.39 is 53.6 Å². The highest BCUT2D eigenvalue weighted by Crippen LogP contribution is 2.20. The van der Waals surface area contributed by atoms with Crippen molar-refractivity contribution in [3.63, 3.8) is 0 Å². The fourth-order valence-corrected chi connectivity index (χ4v) is 1.12. The predicted octanol–water partition coefficient (Wildman–Crippen LogP) is -0.527. The third-order valence-corrected chi connectivity index (χ3v) is 2.12. The molecule has 1 N–H and O–H groups in total. The van der Waals surface area contributed by atoms with E-state index in [-0.39, 0.29) is 0 Å². The van der Waals surface area contributed by atoms with Crippen molar-refractivity contribution in [2.45, 2.75) is 32.2 Å². The molecule has 0 aliphatic carbocycles. The van der Waals surface area contributed by atoms with E-state index in [0.717, 1.165) is 6.92 Å². The molecule has 0 fully saturated rings. The second-order valence-corrected chi connectivity index (χ2v) is 4.55. The van der Waals surface area contributed by atoms with Crippen LogP contribution in [0.3, 0.4) is 0 Å². The van der Waals surface area contributed by atoms with Gasteiger partial charge in [0.1, 0.15) is 6.10 Å². The first-order chi connectivity index (χ1) is 9.82. The zero-order valence-electron chi connectivity index (χ0n) is 10.7. The van der Waals surface area contributed by atoms with E-state index in [1.807, 2.05) is 0 Å². The molecule has 1 atom stereocenters. The summed E-state index contributed by atoms with van der Waals surface area (Å²) in [6.07, 6.45) is -8.85. The van der Waals surface area contributed by atoms with Crippen molar-refractivity contribution in [3.8, 4) is 0 Å². The molecule has 0 spiro atoms. The summed E-state index contributed by atoms with van der Waals surface area (Å²) in [4.78, 5) is 36.1. The van der Waals surface area contributed by atoms with Gasteiger partial charge in [0.15, 0.2) is 0 Å². The van der Waals surface area contributed by atoms with Crippen LogP contribution < -0.4 is 0 Å². The molecular weight excluding hydrogens is 345 g/mol. The molecule has 0 radical (unpaired) electrons. The first kappa shape index (κ1) is 20.2. The van der Waals surface area contributed by atoms with Gasteiger partial charge >= 0.3 is 34.7 Å². The van der Waals surface area contributed by atoms with Crippen molar-refractivity contribution in [3.05, 3.63) is 0 Å². The molecule has 0 aromatic heterocycles. The van der Waals surface area contributed by atoms with E-state index in [1.165, 1.54) is 0 Å². The van der Waals surface area contributed by atoms with Crippen molar-refractivity contribution < 1.29 is 59.2 Å². The van der Waals surface area contributed by atoms with Gasteiger partial charge < -0.3 is 9.84 Å². The molecule has 0 aromatic rings. The van der Waals surface area contributed by atoms with Gasteiger partial charge in [-0.15, -0.1) is 17.4 Å². The normalized spacial score (nSPS) is 13.3. The molecule has 0 rings (SSSR count). The number of hydrogen-bond acceptors (Lipinski definition) is 10. The first-order valence-corrected chi connectivity index (χ1v) is 6.49. The maximum atomic E-state index is 11.6. The van der Waals surface area contributed by atoms with Crippen LogP contribution in [-0.4, -0.2) is 43.9 Å². The molecule has 22 heavy (non-hydrogen) atoms. The van der Waals surface area contributed by atoms with Crippen LogP contribution in [-0.2, 0) is 42.9 Å². The summed E-state index contributed by atoms with van der Waals surface area (Å²) in [7, 11) is -5.67. The summed E-state index contributed by atoms with van der Waals surface area (Å²) in [6, 6.07) is 0. The quantitative estimate of drug-likeness (QED) is 0.274. The van der Waals surface area contributed by atoms with Gasteiger partial charge in [0.25, 0.3) is 0 Å². The second kappa shape index (κ2) is 8.02. The Balaban J connectivity index is 4.16. The molecule has 0 aromatic carbocycles. The Morgan fingerprint density at radius 1 is 1.14 bits per heavy atom. The topological polar surface area (TPSA) is 142 Å². The minimum Gasteiger partial charge on any atom is -0.391 e. The molecule has 0 aliphatic heterocycles. The zero-order chi connectivity index (χ0) is 17.6. The number of ether oxygens (including phenoxy) is 1. The number of hydrogen-bond donors (Lipinski definition) is 1. The van der Waals surface area contributed by atoms with Gasteiger partial charge in [-0.25, -0.2) is 9.59 Å².